The molecule has 0 bridgehead atoms. The van der Waals surface area contributed by atoms with Gasteiger partial charge in [-0.25, -0.2) is 9.59 Å². The van der Waals surface area contributed by atoms with Crippen molar-refractivity contribution in [2.75, 3.05) is 27.2 Å². The van der Waals surface area contributed by atoms with Crippen LogP contribution < -0.4 is 0 Å². The first-order valence-electron chi connectivity index (χ1n) is 13.9. The first kappa shape index (κ1) is 26.8. The zero-order valence-electron chi connectivity index (χ0n) is 23.4. The lowest BCUT2D eigenvalue weighted by atomic mass is 10.0. The van der Waals surface area contributed by atoms with E-state index in [1.54, 1.807) is 12.1 Å². The van der Waals surface area contributed by atoms with Crippen LogP contribution in [0.1, 0.15) is 48.8 Å². The molecule has 3 N–H and O–H groups in total. The molecular weight excluding hydrogens is 516 g/mol. The third kappa shape index (κ3) is 5.62. The van der Waals surface area contributed by atoms with Gasteiger partial charge in [0.05, 0.1) is 11.1 Å². The first-order valence-corrected chi connectivity index (χ1v) is 13.9. The highest BCUT2D eigenvalue weighted by Gasteiger charge is 2.20. The Kier molecular flexibility index (Phi) is 7.34. The monoisotopic (exact) mass is 550 g/mol. The van der Waals surface area contributed by atoms with Gasteiger partial charge < -0.3 is 29.6 Å². The molecule has 0 fully saturated rings. The van der Waals surface area contributed by atoms with Crippen molar-refractivity contribution < 1.29 is 19.4 Å². The van der Waals surface area contributed by atoms with E-state index in [9.17, 15) is 9.59 Å². The molecule has 0 spiro atoms. The number of nitrogens with one attached hydrogen (secondary N) is 2. The van der Waals surface area contributed by atoms with Crippen molar-refractivity contribution in [3.05, 3.63) is 106 Å². The van der Waals surface area contributed by atoms with E-state index in [0.29, 0.717) is 17.7 Å². The predicted octanol–water partition coefficient (Wildman–Crippen LogP) is 5.37. The smallest absolute Gasteiger partial charge is 0.338 e. The summed E-state index contributed by atoms with van der Waals surface area (Å²) in [5, 5.41) is 11.2. The van der Waals surface area contributed by atoms with E-state index in [2.05, 4.69) is 33.9 Å². The molecule has 0 aliphatic carbocycles. The fourth-order valence-corrected chi connectivity index (χ4v) is 5.76. The molecule has 8 nitrogen and oxygen atoms in total. The van der Waals surface area contributed by atoms with Gasteiger partial charge in [-0.1, -0.05) is 30.3 Å². The van der Waals surface area contributed by atoms with Gasteiger partial charge in [0.15, 0.2) is 0 Å². The summed E-state index contributed by atoms with van der Waals surface area (Å²) in [7, 11) is 4.21. The Morgan fingerprint density at radius 1 is 0.780 bits per heavy atom. The lowest BCUT2D eigenvalue weighted by molar-refractivity contribution is 0.0472. The number of hydrogen-bond donors (Lipinski definition) is 3. The second kappa shape index (κ2) is 11.2. The number of H-pyrrole nitrogens is 2. The number of benzene rings is 3. The third-order valence-electron chi connectivity index (χ3n) is 8.03. The average molecular weight is 551 g/mol. The van der Waals surface area contributed by atoms with Crippen LogP contribution in [-0.4, -0.2) is 64.0 Å². The van der Waals surface area contributed by atoms with Gasteiger partial charge in [-0.2, -0.15) is 0 Å². The summed E-state index contributed by atoms with van der Waals surface area (Å²) in [6.07, 6.45) is 2.03. The highest BCUT2D eigenvalue weighted by molar-refractivity contribution is 5.96. The normalized spacial score (nSPS) is 15.2. The van der Waals surface area contributed by atoms with Crippen LogP contribution in [0.3, 0.4) is 0 Å². The van der Waals surface area contributed by atoms with Crippen LogP contribution in [0.25, 0.3) is 21.8 Å². The van der Waals surface area contributed by atoms with Gasteiger partial charge in [-0.3, -0.25) is 0 Å². The quantitative estimate of drug-likeness (QED) is 0.260. The maximum Gasteiger partial charge on any atom is 0.338 e. The largest absolute Gasteiger partial charge is 0.478 e. The highest BCUT2D eigenvalue weighted by Crippen LogP contribution is 2.29. The summed E-state index contributed by atoms with van der Waals surface area (Å²) in [6.45, 7) is 4.21. The maximum absolute atomic E-state index is 12.4. The van der Waals surface area contributed by atoms with E-state index in [1.807, 2.05) is 54.6 Å². The van der Waals surface area contributed by atoms with Crippen LogP contribution in [0.15, 0.2) is 66.7 Å². The van der Waals surface area contributed by atoms with E-state index in [0.717, 1.165) is 66.4 Å². The molecule has 7 rings (SSSR count). The van der Waals surface area contributed by atoms with E-state index in [1.165, 1.54) is 22.5 Å². The lowest BCUT2D eigenvalue weighted by Gasteiger charge is -2.22. The van der Waals surface area contributed by atoms with Gasteiger partial charge in [0.1, 0.15) is 6.61 Å². The van der Waals surface area contributed by atoms with Gasteiger partial charge in [0, 0.05) is 72.2 Å². The summed E-state index contributed by atoms with van der Waals surface area (Å²) in [6, 6.07) is 20.8. The second-order valence-corrected chi connectivity index (χ2v) is 11.0. The van der Waals surface area contributed by atoms with Crippen LogP contribution in [0.2, 0.25) is 0 Å². The summed E-state index contributed by atoms with van der Waals surface area (Å²) in [5.41, 5.74) is 9.17. The van der Waals surface area contributed by atoms with Crippen molar-refractivity contribution in [2.45, 2.75) is 32.5 Å². The van der Waals surface area contributed by atoms with Gasteiger partial charge in [0.2, 0.25) is 0 Å². The van der Waals surface area contributed by atoms with E-state index in [-0.39, 0.29) is 5.97 Å². The highest BCUT2D eigenvalue weighted by atomic mass is 16.5. The third-order valence-corrected chi connectivity index (χ3v) is 8.03. The van der Waals surface area contributed by atoms with Gasteiger partial charge in [0.25, 0.3) is 0 Å². The molecular formula is C33H34N4O4. The number of fused-ring (bicyclic) bond motifs is 6. The summed E-state index contributed by atoms with van der Waals surface area (Å²) in [5.74, 6) is -1.15. The zero-order chi connectivity index (χ0) is 28.5. The molecule has 8 heteroatoms. The van der Waals surface area contributed by atoms with Crippen molar-refractivity contribution in [1.29, 1.82) is 0 Å². The van der Waals surface area contributed by atoms with Crippen LogP contribution in [0.4, 0.5) is 0 Å². The van der Waals surface area contributed by atoms with Crippen molar-refractivity contribution in [1.82, 2.24) is 19.8 Å². The lowest BCUT2D eigenvalue weighted by Crippen LogP contribution is -2.26. The molecule has 210 valence electrons. The van der Waals surface area contributed by atoms with Crippen molar-refractivity contribution >= 4 is 33.7 Å². The van der Waals surface area contributed by atoms with Gasteiger partial charge in [-0.15, -0.1) is 0 Å². The van der Waals surface area contributed by atoms with Crippen molar-refractivity contribution in [3.8, 4) is 0 Å². The Labute approximate surface area is 238 Å². The molecule has 0 saturated carbocycles. The zero-order valence-corrected chi connectivity index (χ0v) is 23.4. The molecule has 3 aromatic carbocycles. The number of carbonyl (C=O) groups excluding carboxylic acids is 1. The van der Waals surface area contributed by atoms with Crippen molar-refractivity contribution in [2.24, 2.45) is 0 Å². The van der Waals surface area contributed by atoms with Crippen LogP contribution >= 0.6 is 0 Å². The number of carboxylic acid groups (broad SMARTS) is 1. The maximum atomic E-state index is 12.4. The molecule has 41 heavy (non-hydrogen) atoms. The number of rotatable bonds is 4. The SMILES string of the molecule is CN1CCc2[nH]c3ccc(C(=O)O)cc3c2C1.CN1CCc2[nH]c3ccc(C(=O)OCc4ccccc4)cc3c2C1. The number of likely N-dealkylation sites (N-methyl/N-ethyl adjacent to an activating group) is 2. The minimum atomic E-state index is -0.869. The standard InChI is InChI=1S/C20H20N2O2.C13H14N2O2/c1-22-10-9-19-17(12-22)16-11-15(7-8-18(16)21-19)20(23)24-13-14-5-3-2-4-6-14;1-15-5-4-12-10(7-15)9-6-8(13(16)17)2-3-11(9)14-12/h2-8,11,21H,9-10,12-13H2,1H3;2-3,6,14H,4-5,7H2,1H3,(H,16,17). The molecule has 0 amide bonds. The van der Waals surface area contributed by atoms with Crippen LogP contribution in [-0.2, 0) is 37.3 Å². The Balaban J connectivity index is 0.000000156. The Morgan fingerprint density at radius 3 is 1.88 bits per heavy atom. The molecule has 5 aromatic rings. The molecule has 0 atom stereocenters. The van der Waals surface area contributed by atoms with Gasteiger partial charge >= 0.3 is 11.9 Å². The topological polar surface area (TPSA) is 102 Å². The van der Waals surface area contributed by atoms with Crippen LogP contribution in [0, 0.1) is 0 Å². The molecule has 2 aromatic heterocycles. The number of carboxylic acids is 1. The number of hydrogen-bond acceptors (Lipinski definition) is 5. The van der Waals surface area contributed by atoms with E-state index >= 15 is 0 Å². The Bertz CT molecular complexity index is 1740. The number of aromatic carboxylic acids is 1. The summed E-state index contributed by atoms with van der Waals surface area (Å²) >= 11 is 0. The molecule has 2 aliphatic rings. The van der Waals surface area contributed by atoms with Crippen molar-refractivity contribution in [3.63, 3.8) is 0 Å². The number of esters is 1. The number of carbonyl (C=O) groups is 2. The summed E-state index contributed by atoms with van der Waals surface area (Å²) < 4.78 is 5.45. The number of ether oxygens (including phenoxy) is 1. The fourth-order valence-electron chi connectivity index (χ4n) is 5.76. The molecule has 4 heterocycles. The van der Waals surface area contributed by atoms with Crippen LogP contribution in [0.5, 0.6) is 0 Å². The Morgan fingerprint density at radius 2 is 1.32 bits per heavy atom. The first-order chi connectivity index (χ1) is 19.9. The summed E-state index contributed by atoms with van der Waals surface area (Å²) in [4.78, 5) is 34.8. The van der Waals surface area contributed by atoms with Gasteiger partial charge in [-0.05, 0) is 67.2 Å². The fraction of sp³-hybridized carbons (Fsp3) is 0.273. The minimum absolute atomic E-state index is 0.278. The minimum Gasteiger partial charge on any atom is -0.478 e. The van der Waals surface area contributed by atoms with E-state index < -0.39 is 5.97 Å². The molecule has 0 radical (unpaired) electrons. The molecule has 0 saturated heterocycles. The van der Waals surface area contributed by atoms with E-state index in [4.69, 9.17) is 9.84 Å². The predicted molar refractivity (Wildman–Crippen MR) is 159 cm³/mol. The average Bonchev–Trinajstić information content (AvgIpc) is 3.53. The Hall–Kier alpha value is -4.40. The number of nitrogens with zero attached hydrogens (tertiary/aromatic N) is 2. The number of aromatic nitrogens is 2. The number of aromatic amines is 2. The molecule has 2 aliphatic heterocycles. The molecule has 0 unspecified atom stereocenters. The second-order valence-electron chi connectivity index (χ2n) is 11.0.